The van der Waals surface area contributed by atoms with Crippen molar-refractivity contribution < 1.29 is 9.84 Å². The summed E-state index contributed by atoms with van der Waals surface area (Å²) >= 11 is 0. The lowest BCUT2D eigenvalue weighted by Gasteiger charge is -2.41. The number of hydrogen-bond donors (Lipinski definition) is 2. The molecule has 80 valence electrons. The van der Waals surface area contributed by atoms with Crippen molar-refractivity contribution in [2.45, 2.75) is 37.5 Å². The van der Waals surface area contributed by atoms with E-state index >= 15 is 0 Å². The van der Waals surface area contributed by atoms with E-state index < -0.39 is 0 Å². The Balaban J connectivity index is 2.04. The van der Waals surface area contributed by atoms with Crippen molar-refractivity contribution in [3.63, 3.8) is 0 Å². The first-order chi connectivity index (χ1) is 6.85. The molecular formula is C11H19NO2. The molecule has 0 saturated carbocycles. The summed E-state index contributed by atoms with van der Waals surface area (Å²) in [5, 5.41) is 12.6. The van der Waals surface area contributed by atoms with Gasteiger partial charge in [-0.2, -0.15) is 0 Å². The first-order valence-corrected chi connectivity index (χ1v) is 5.41. The Morgan fingerprint density at radius 1 is 1.50 bits per heavy atom. The molecule has 4 unspecified atom stereocenters. The molecule has 2 rings (SSSR count). The Hall–Kier alpha value is -0.380. The van der Waals surface area contributed by atoms with Crippen LogP contribution in [0.3, 0.4) is 0 Å². The number of aliphatic hydroxyl groups is 1. The van der Waals surface area contributed by atoms with Gasteiger partial charge in [0.2, 0.25) is 0 Å². The summed E-state index contributed by atoms with van der Waals surface area (Å²) in [6.45, 7) is 0.239. The fraction of sp³-hybridized carbons (Fsp3) is 0.818. The van der Waals surface area contributed by atoms with Gasteiger partial charge in [0.15, 0.2) is 0 Å². The van der Waals surface area contributed by atoms with Gasteiger partial charge in [-0.05, 0) is 25.2 Å². The molecule has 4 atom stereocenters. The molecule has 0 spiro atoms. The molecule has 0 aromatic carbocycles. The van der Waals surface area contributed by atoms with E-state index in [0.29, 0.717) is 12.0 Å². The largest absolute Gasteiger partial charge is 0.395 e. The smallest absolute Gasteiger partial charge is 0.0907 e. The lowest BCUT2D eigenvalue weighted by Crippen LogP contribution is -2.55. The fourth-order valence-corrected chi connectivity index (χ4v) is 2.59. The first-order valence-electron chi connectivity index (χ1n) is 5.41. The maximum absolute atomic E-state index is 9.12. The van der Waals surface area contributed by atoms with Gasteiger partial charge in [0.1, 0.15) is 0 Å². The van der Waals surface area contributed by atoms with Gasteiger partial charge in [-0.1, -0.05) is 12.2 Å². The normalized spacial score (nSPS) is 42.1. The Morgan fingerprint density at radius 3 is 3.07 bits per heavy atom. The Morgan fingerprint density at radius 2 is 2.36 bits per heavy atom. The number of fused-ring (bicyclic) bond motifs is 1. The van der Waals surface area contributed by atoms with E-state index in [0.717, 1.165) is 12.8 Å². The van der Waals surface area contributed by atoms with Crippen LogP contribution in [0, 0.1) is 5.92 Å². The van der Waals surface area contributed by atoms with Crippen molar-refractivity contribution >= 4 is 0 Å². The van der Waals surface area contributed by atoms with E-state index in [2.05, 4.69) is 17.5 Å². The van der Waals surface area contributed by atoms with Crippen molar-refractivity contribution in [1.29, 1.82) is 0 Å². The predicted molar refractivity (Wildman–Crippen MR) is 55.1 cm³/mol. The second-order valence-electron chi connectivity index (χ2n) is 4.27. The Bertz CT molecular complexity index is 217. The molecule has 1 heterocycles. The van der Waals surface area contributed by atoms with Gasteiger partial charge in [-0.3, -0.25) is 0 Å². The van der Waals surface area contributed by atoms with Crippen molar-refractivity contribution in [1.82, 2.24) is 5.32 Å². The van der Waals surface area contributed by atoms with Crippen LogP contribution in [0.15, 0.2) is 12.2 Å². The van der Waals surface area contributed by atoms with Gasteiger partial charge in [0.25, 0.3) is 0 Å². The highest BCUT2D eigenvalue weighted by atomic mass is 16.5. The lowest BCUT2D eigenvalue weighted by molar-refractivity contribution is 0.0435. The Labute approximate surface area is 85.1 Å². The standard InChI is InChI=1S/C11H19NO2/c1-14-10-4-2-3-8-5-6-9(7-13)12-11(8)10/h2,4,8-13H,3,5-7H2,1H3. The molecule has 3 heteroatoms. The van der Waals surface area contributed by atoms with Crippen LogP contribution >= 0.6 is 0 Å². The zero-order valence-corrected chi connectivity index (χ0v) is 8.65. The van der Waals surface area contributed by atoms with Gasteiger partial charge in [0, 0.05) is 19.2 Å². The average Bonchev–Trinajstić information content (AvgIpc) is 2.27. The molecule has 2 N–H and O–H groups in total. The Kier molecular flexibility index (Phi) is 3.21. The highest BCUT2D eigenvalue weighted by Crippen LogP contribution is 2.30. The number of hydrogen-bond acceptors (Lipinski definition) is 3. The molecule has 2 aliphatic rings. The molecule has 1 saturated heterocycles. The van der Waals surface area contributed by atoms with Crippen LogP contribution in [-0.4, -0.2) is 37.0 Å². The number of aliphatic hydroxyl groups excluding tert-OH is 1. The van der Waals surface area contributed by atoms with Gasteiger partial charge in [0.05, 0.1) is 12.7 Å². The summed E-state index contributed by atoms with van der Waals surface area (Å²) in [4.78, 5) is 0. The third kappa shape index (κ3) is 1.85. The molecule has 0 amide bonds. The summed E-state index contributed by atoms with van der Waals surface area (Å²) in [7, 11) is 1.75. The molecule has 0 aromatic heterocycles. The third-order valence-corrected chi connectivity index (χ3v) is 3.43. The minimum atomic E-state index is 0.183. The summed E-state index contributed by atoms with van der Waals surface area (Å²) < 4.78 is 5.42. The lowest BCUT2D eigenvalue weighted by atomic mass is 9.79. The van der Waals surface area contributed by atoms with E-state index in [1.807, 2.05) is 0 Å². The minimum absolute atomic E-state index is 0.183. The van der Waals surface area contributed by atoms with Crippen LogP contribution in [0.1, 0.15) is 19.3 Å². The van der Waals surface area contributed by atoms with Gasteiger partial charge in [-0.25, -0.2) is 0 Å². The molecule has 1 aliphatic carbocycles. The molecule has 3 nitrogen and oxygen atoms in total. The summed E-state index contributed by atoms with van der Waals surface area (Å²) in [5.74, 6) is 0.688. The van der Waals surface area contributed by atoms with Crippen molar-refractivity contribution in [3.05, 3.63) is 12.2 Å². The molecule has 14 heavy (non-hydrogen) atoms. The highest BCUT2D eigenvalue weighted by Gasteiger charge is 2.35. The monoisotopic (exact) mass is 197 g/mol. The summed E-state index contributed by atoms with van der Waals surface area (Å²) in [6.07, 6.45) is 7.97. The third-order valence-electron chi connectivity index (χ3n) is 3.43. The first kappa shape index (κ1) is 10.1. The fourth-order valence-electron chi connectivity index (χ4n) is 2.59. The van der Waals surface area contributed by atoms with Crippen LogP contribution in [0.25, 0.3) is 0 Å². The number of nitrogens with one attached hydrogen (secondary N) is 1. The maximum atomic E-state index is 9.12. The van der Waals surface area contributed by atoms with E-state index in [1.165, 1.54) is 6.42 Å². The second kappa shape index (κ2) is 4.43. The van der Waals surface area contributed by atoms with Crippen LogP contribution in [0.5, 0.6) is 0 Å². The summed E-state index contributed by atoms with van der Waals surface area (Å²) in [5.41, 5.74) is 0. The zero-order chi connectivity index (χ0) is 9.97. The number of methoxy groups -OCH3 is 1. The van der Waals surface area contributed by atoms with E-state index in [-0.39, 0.29) is 18.8 Å². The number of piperidine rings is 1. The topological polar surface area (TPSA) is 41.5 Å². The quantitative estimate of drug-likeness (QED) is 0.640. The van der Waals surface area contributed by atoms with E-state index in [1.54, 1.807) is 7.11 Å². The van der Waals surface area contributed by atoms with Gasteiger partial charge in [-0.15, -0.1) is 0 Å². The zero-order valence-electron chi connectivity index (χ0n) is 8.65. The summed E-state index contributed by atoms with van der Waals surface area (Å²) in [6, 6.07) is 0.663. The molecule has 1 fully saturated rings. The van der Waals surface area contributed by atoms with Crippen molar-refractivity contribution in [3.8, 4) is 0 Å². The average molecular weight is 197 g/mol. The van der Waals surface area contributed by atoms with Crippen LogP contribution < -0.4 is 5.32 Å². The van der Waals surface area contributed by atoms with Crippen molar-refractivity contribution in [2.24, 2.45) is 5.92 Å². The van der Waals surface area contributed by atoms with E-state index in [9.17, 15) is 0 Å². The predicted octanol–water partition coefficient (Wildman–Crippen LogP) is 0.690. The SMILES string of the molecule is COC1C=CCC2CCC(CO)NC21. The van der Waals surface area contributed by atoms with E-state index in [4.69, 9.17) is 9.84 Å². The highest BCUT2D eigenvalue weighted by molar-refractivity contribution is 5.07. The molecule has 0 radical (unpaired) electrons. The van der Waals surface area contributed by atoms with Crippen molar-refractivity contribution in [2.75, 3.05) is 13.7 Å². The molecule has 0 aromatic rings. The second-order valence-corrected chi connectivity index (χ2v) is 4.27. The van der Waals surface area contributed by atoms with Crippen LogP contribution in [0.2, 0.25) is 0 Å². The van der Waals surface area contributed by atoms with Gasteiger partial charge >= 0.3 is 0 Å². The number of allylic oxidation sites excluding steroid dienone is 1. The molecule has 0 bridgehead atoms. The van der Waals surface area contributed by atoms with Crippen LogP contribution in [-0.2, 0) is 4.74 Å². The van der Waals surface area contributed by atoms with Crippen LogP contribution in [0.4, 0.5) is 0 Å². The molecule has 1 aliphatic heterocycles. The number of rotatable bonds is 2. The maximum Gasteiger partial charge on any atom is 0.0907 e. The molecular weight excluding hydrogens is 178 g/mol. The minimum Gasteiger partial charge on any atom is -0.395 e. The number of ether oxygens (including phenoxy) is 1. The van der Waals surface area contributed by atoms with Gasteiger partial charge < -0.3 is 15.2 Å².